The van der Waals surface area contributed by atoms with Gasteiger partial charge in [-0.1, -0.05) is 6.92 Å². The Morgan fingerprint density at radius 3 is 2.59 bits per heavy atom. The smallest absolute Gasteiger partial charge is 0.225 e. The first-order valence-corrected chi connectivity index (χ1v) is 6.72. The van der Waals surface area contributed by atoms with Crippen molar-refractivity contribution in [3.05, 3.63) is 17.7 Å². The average Bonchev–Trinajstić information content (AvgIpc) is 2.28. The Morgan fingerprint density at radius 1 is 1.53 bits per heavy atom. The van der Waals surface area contributed by atoms with Gasteiger partial charge in [-0.3, -0.25) is 0 Å². The van der Waals surface area contributed by atoms with Crippen molar-refractivity contribution in [3.8, 4) is 6.07 Å². The number of halogens is 1. The molecule has 0 aliphatic rings. The molecule has 0 aliphatic heterocycles. The van der Waals surface area contributed by atoms with Gasteiger partial charge in [0.05, 0.1) is 24.9 Å². The Labute approximate surface area is 105 Å². The third-order valence-corrected chi connectivity index (χ3v) is 3.73. The molecule has 0 saturated carbocycles. The summed E-state index contributed by atoms with van der Waals surface area (Å²) in [5.74, 6) is 0. The summed E-state index contributed by atoms with van der Waals surface area (Å²) in [5.41, 5.74) is 0. The number of sulfonamides is 1. The molecule has 1 unspecified atom stereocenters. The predicted molar refractivity (Wildman–Crippen MR) is 61.7 cm³/mol. The van der Waals surface area contributed by atoms with Gasteiger partial charge >= 0.3 is 0 Å². The number of nitrogens with zero attached hydrogens (tertiary/aromatic N) is 3. The maximum atomic E-state index is 11.8. The van der Waals surface area contributed by atoms with E-state index in [9.17, 15) is 8.42 Å². The summed E-state index contributed by atoms with van der Waals surface area (Å²) in [6.45, 7) is 1.79. The van der Waals surface area contributed by atoms with Gasteiger partial charge in [0.1, 0.15) is 4.90 Å². The van der Waals surface area contributed by atoms with E-state index in [2.05, 4.69) is 14.7 Å². The van der Waals surface area contributed by atoms with Crippen molar-refractivity contribution < 1.29 is 8.42 Å². The van der Waals surface area contributed by atoms with E-state index in [0.717, 1.165) is 12.4 Å². The minimum atomic E-state index is -3.70. The van der Waals surface area contributed by atoms with Crippen molar-refractivity contribution >= 4 is 21.6 Å². The number of nitriles is 1. The molecule has 0 bridgehead atoms. The zero-order valence-electron chi connectivity index (χ0n) is 9.09. The van der Waals surface area contributed by atoms with Crippen LogP contribution in [0.25, 0.3) is 0 Å². The van der Waals surface area contributed by atoms with Crippen LogP contribution in [0.15, 0.2) is 17.3 Å². The monoisotopic (exact) mass is 274 g/mol. The molecule has 1 atom stereocenters. The zero-order chi connectivity index (χ0) is 12.9. The van der Waals surface area contributed by atoms with Crippen LogP contribution in [0.5, 0.6) is 0 Å². The van der Waals surface area contributed by atoms with Gasteiger partial charge < -0.3 is 0 Å². The van der Waals surface area contributed by atoms with E-state index < -0.39 is 16.1 Å². The van der Waals surface area contributed by atoms with Crippen LogP contribution >= 0.6 is 11.6 Å². The van der Waals surface area contributed by atoms with E-state index in [1.165, 1.54) is 0 Å². The van der Waals surface area contributed by atoms with E-state index >= 15 is 0 Å². The van der Waals surface area contributed by atoms with Gasteiger partial charge in [-0.25, -0.2) is 23.1 Å². The molecule has 1 aromatic rings. The number of hydrogen-bond donors (Lipinski definition) is 1. The maximum Gasteiger partial charge on any atom is 0.243 e. The van der Waals surface area contributed by atoms with E-state index in [0.29, 0.717) is 6.42 Å². The first-order valence-electron chi connectivity index (χ1n) is 4.86. The normalized spacial score (nSPS) is 13.0. The molecule has 1 heterocycles. The quantitative estimate of drug-likeness (QED) is 0.811. The largest absolute Gasteiger partial charge is 0.243 e. The Morgan fingerprint density at radius 2 is 2.12 bits per heavy atom. The lowest BCUT2D eigenvalue weighted by Gasteiger charge is -2.13. The molecular formula is C9H11ClN4O2S. The standard InChI is InChI=1S/C9H11ClN4O2S/c1-2-7(3-4-11)14-17(15,16)8-5-12-9(10)13-6-8/h5-7,14H,2-3H2,1H3. The molecule has 0 aliphatic carbocycles. The Balaban J connectivity index is 2.89. The number of nitrogens with one attached hydrogen (secondary N) is 1. The fourth-order valence-electron chi connectivity index (χ4n) is 1.11. The van der Waals surface area contributed by atoms with Gasteiger partial charge in [-0.2, -0.15) is 5.26 Å². The van der Waals surface area contributed by atoms with Crippen LogP contribution in [0.4, 0.5) is 0 Å². The lowest BCUT2D eigenvalue weighted by molar-refractivity contribution is 0.542. The highest BCUT2D eigenvalue weighted by atomic mass is 35.5. The zero-order valence-corrected chi connectivity index (χ0v) is 10.7. The van der Waals surface area contributed by atoms with Crippen molar-refractivity contribution in [2.45, 2.75) is 30.7 Å². The minimum absolute atomic E-state index is 0.0204. The first-order chi connectivity index (χ1) is 7.99. The van der Waals surface area contributed by atoms with Crippen molar-refractivity contribution in [2.24, 2.45) is 0 Å². The molecule has 92 valence electrons. The molecule has 1 rings (SSSR count). The van der Waals surface area contributed by atoms with Gasteiger partial charge in [-0.15, -0.1) is 0 Å². The van der Waals surface area contributed by atoms with Crippen LogP contribution in [0.1, 0.15) is 19.8 Å². The molecule has 0 amide bonds. The highest BCUT2D eigenvalue weighted by Crippen LogP contribution is 2.10. The molecule has 0 fully saturated rings. The second-order valence-electron chi connectivity index (χ2n) is 3.28. The Bertz CT molecular complexity index is 509. The molecule has 0 spiro atoms. The van der Waals surface area contributed by atoms with E-state index in [1.54, 1.807) is 6.92 Å². The second kappa shape index (κ2) is 5.91. The van der Waals surface area contributed by atoms with Gasteiger partial charge in [0, 0.05) is 6.04 Å². The Hall–Kier alpha value is -1.23. The summed E-state index contributed by atoms with van der Waals surface area (Å²) < 4.78 is 26.1. The van der Waals surface area contributed by atoms with E-state index in [-0.39, 0.29) is 16.6 Å². The van der Waals surface area contributed by atoms with Gasteiger partial charge in [0.25, 0.3) is 0 Å². The van der Waals surface area contributed by atoms with E-state index in [4.69, 9.17) is 16.9 Å². The van der Waals surface area contributed by atoms with Crippen LogP contribution in [0.3, 0.4) is 0 Å². The summed E-state index contributed by atoms with van der Waals surface area (Å²) in [4.78, 5) is 7.12. The van der Waals surface area contributed by atoms with Crippen LogP contribution in [0.2, 0.25) is 5.28 Å². The summed E-state index contributed by atoms with van der Waals surface area (Å²) in [5, 5.41) is 8.52. The SMILES string of the molecule is CCC(CC#N)NS(=O)(=O)c1cnc(Cl)nc1. The van der Waals surface area contributed by atoms with Crippen molar-refractivity contribution in [2.75, 3.05) is 0 Å². The van der Waals surface area contributed by atoms with E-state index in [1.807, 2.05) is 6.07 Å². The maximum absolute atomic E-state index is 11.8. The molecule has 6 nitrogen and oxygen atoms in total. The van der Waals surface area contributed by atoms with Crippen LogP contribution in [-0.4, -0.2) is 24.4 Å². The highest BCUT2D eigenvalue weighted by molar-refractivity contribution is 7.89. The Kier molecular flexibility index (Phi) is 4.81. The van der Waals surface area contributed by atoms with Crippen molar-refractivity contribution in [3.63, 3.8) is 0 Å². The minimum Gasteiger partial charge on any atom is -0.225 e. The predicted octanol–water partition coefficient (Wildman–Crippen LogP) is 1.10. The lowest BCUT2D eigenvalue weighted by atomic mass is 10.2. The molecule has 1 aromatic heterocycles. The van der Waals surface area contributed by atoms with Gasteiger partial charge in [0.2, 0.25) is 15.3 Å². The summed E-state index contributed by atoms with van der Waals surface area (Å²) in [6.07, 6.45) is 2.89. The average molecular weight is 275 g/mol. The molecular weight excluding hydrogens is 264 g/mol. The second-order valence-corrected chi connectivity index (χ2v) is 5.33. The van der Waals surface area contributed by atoms with Crippen LogP contribution in [0, 0.1) is 11.3 Å². The molecule has 0 saturated heterocycles. The fraction of sp³-hybridized carbons (Fsp3) is 0.444. The number of aromatic nitrogens is 2. The highest BCUT2D eigenvalue weighted by Gasteiger charge is 2.19. The van der Waals surface area contributed by atoms with Crippen molar-refractivity contribution in [1.82, 2.24) is 14.7 Å². The summed E-state index contributed by atoms with van der Waals surface area (Å²) >= 11 is 5.46. The molecule has 8 heteroatoms. The topological polar surface area (TPSA) is 95.7 Å². The van der Waals surface area contributed by atoms with Crippen molar-refractivity contribution in [1.29, 1.82) is 5.26 Å². The molecule has 0 radical (unpaired) electrons. The first kappa shape index (κ1) is 13.8. The molecule has 17 heavy (non-hydrogen) atoms. The molecule has 0 aromatic carbocycles. The fourth-order valence-corrected chi connectivity index (χ4v) is 2.41. The summed E-state index contributed by atoms with van der Waals surface area (Å²) in [7, 11) is -3.70. The lowest BCUT2D eigenvalue weighted by Crippen LogP contribution is -2.34. The van der Waals surface area contributed by atoms with Gasteiger partial charge in [0.15, 0.2) is 0 Å². The van der Waals surface area contributed by atoms with Gasteiger partial charge in [-0.05, 0) is 18.0 Å². The number of hydrogen-bond acceptors (Lipinski definition) is 5. The molecule has 1 N–H and O–H groups in total. The third-order valence-electron chi connectivity index (χ3n) is 2.06. The van der Waals surface area contributed by atoms with Crippen LogP contribution in [-0.2, 0) is 10.0 Å². The number of rotatable bonds is 5. The third kappa shape index (κ3) is 3.93. The summed E-state index contributed by atoms with van der Waals surface area (Å²) in [6, 6.07) is 1.51. The van der Waals surface area contributed by atoms with Crippen LogP contribution < -0.4 is 4.72 Å².